The van der Waals surface area contributed by atoms with Crippen molar-refractivity contribution < 1.29 is 4.74 Å². The van der Waals surface area contributed by atoms with E-state index in [-0.39, 0.29) is 0 Å². The quantitative estimate of drug-likeness (QED) is 0.567. The smallest absolute Gasteiger partial charge is 0.0498 e. The fraction of sp³-hybridized carbons (Fsp3) is 1.00. The second kappa shape index (κ2) is 3.14. The molecule has 11 heavy (non-hydrogen) atoms. The number of hydrogen-bond donors (Lipinski definition) is 0. The predicted molar refractivity (Wildman–Crippen MR) is 47.5 cm³/mol. The highest BCUT2D eigenvalue weighted by molar-refractivity contribution is 4.76. The Kier molecular flexibility index (Phi) is 2.58. The maximum atomic E-state index is 5.42. The van der Waals surface area contributed by atoms with Crippen LogP contribution < -0.4 is 0 Å². The largest absolute Gasteiger partial charge is 0.381 e. The van der Waals surface area contributed by atoms with Gasteiger partial charge in [0.2, 0.25) is 0 Å². The fourth-order valence-electron chi connectivity index (χ4n) is 1.75. The van der Waals surface area contributed by atoms with Crippen LogP contribution in [0.1, 0.15) is 34.1 Å². The molecule has 0 radical (unpaired) electrons. The zero-order valence-electron chi connectivity index (χ0n) is 8.18. The second-order valence-electron chi connectivity index (χ2n) is 5.04. The highest BCUT2D eigenvalue weighted by Gasteiger charge is 2.28. The highest BCUT2D eigenvalue weighted by atomic mass is 16.5. The molecule has 1 fully saturated rings. The summed E-state index contributed by atoms with van der Waals surface area (Å²) in [4.78, 5) is 0. The molecule has 0 aromatic carbocycles. The van der Waals surface area contributed by atoms with Gasteiger partial charge in [-0.25, -0.2) is 0 Å². The Hall–Kier alpha value is -0.0400. The molecule has 0 N–H and O–H groups in total. The van der Waals surface area contributed by atoms with Gasteiger partial charge in [0.05, 0.1) is 0 Å². The summed E-state index contributed by atoms with van der Waals surface area (Å²) in [6, 6.07) is 0. The van der Waals surface area contributed by atoms with Crippen molar-refractivity contribution in [1.82, 2.24) is 0 Å². The van der Waals surface area contributed by atoms with Crippen LogP contribution in [0.5, 0.6) is 0 Å². The summed E-state index contributed by atoms with van der Waals surface area (Å²) in [6.45, 7) is 11.2. The van der Waals surface area contributed by atoms with Crippen molar-refractivity contribution in [2.45, 2.75) is 34.1 Å². The molecule has 2 atom stereocenters. The molecule has 1 heterocycles. The molecule has 1 rings (SSSR count). The van der Waals surface area contributed by atoms with Crippen molar-refractivity contribution in [3.05, 3.63) is 0 Å². The first-order valence-electron chi connectivity index (χ1n) is 4.57. The molecular formula is C10H20O. The van der Waals surface area contributed by atoms with Crippen LogP contribution in [-0.2, 0) is 4.74 Å². The van der Waals surface area contributed by atoms with E-state index in [4.69, 9.17) is 4.74 Å². The molecule has 0 aliphatic carbocycles. The van der Waals surface area contributed by atoms with Crippen LogP contribution in [-0.4, -0.2) is 13.2 Å². The third-order valence-corrected chi connectivity index (χ3v) is 2.39. The molecule has 1 nitrogen and oxygen atoms in total. The van der Waals surface area contributed by atoms with Gasteiger partial charge in [-0.05, 0) is 23.7 Å². The fourth-order valence-corrected chi connectivity index (χ4v) is 1.75. The minimum atomic E-state index is 0.465. The summed E-state index contributed by atoms with van der Waals surface area (Å²) < 4.78 is 5.42. The van der Waals surface area contributed by atoms with Gasteiger partial charge in [-0.3, -0.25) is 0 Å². The molecule has 0 aromatic rings. The Morgan fingerprint density at radius 2 is 1.91 bits per heavy atom. The first-order valence-corrected chi connectivity index (χ1v) is 4.57. The average Bonchev–Trinajstić information content (AvgIpc) is 2.12. The summed E-state index contributed by atoms with van der Waals surface area (Å²) in [6.07, 6.45) is 1.30. The van der Waals surface area contributed by atoms with Gasteiger partial charge in [0.25, 0.3) is 0 Å². The van der Waals surface area contributed by atoms with Crippen LogP contribution in [0.2, 0.25) is 0 Å². The molecule has 0 spiro atoms. The second-order valence-corrected chi connectivity index (χ2v) is 5.04. The molecule has 0 unspecified atom stereocenters. The van der Waals surface area contributed by atoms with E-state index in [1.807, 2.05) is 0 Å². The van der Waals surface area contributed by atoms with Crippen LogP contribution in [0.4, 0.5) is 0 Å². The van der Waals surface area contributed by atoms with Gasteiger partial charge in [0, 0.05) is 13.2 Å². The molecule has 0 saturated carbocycles. The lowest BCUT2D eigenvalue weighted by molar-refractivity contribution is 0.172. The van der Waals surface area contributed by atoms with Crippen molar-refractivity contribution in [2.75, 3.05) is 13.2 Å². The lowest BCUT2D eigenvalue weighted by atomic mass is 9.81. The summed E-state index contributed by atoms with van der Waals surface area (Å²) in [5.74, 6) is 1.57. The lowest BCUT2D eigenvalue weighted by Crippen LogP contribution is -2.17. The summed E-state index contributed by atoms with van der Waals surface area (Å²) >= 11 is 0. The minimum Gasteiger partial charge on any atom is -0.381 e. The Labute approximate surface area is 70.1 Å². The average molecular weight is 156 g/mol. The molecule has 0 amide bonds. The minimum absolute atomic E-state index is 0.465. The molecule has 1 aliphatic heterocycles. The van der Waals surface area contributed by atoms with Crippen molar-refractivity contribution >= 4 is 0 Å². The summed E-state index contributed by atoms with van der Waals surface area (Å²) in [5, 5.41) is 0. The summed E-state index contributed by atoms with van der Waals surface area (Å²) in [5.41, 5.74) is 0.465. The van der Waals surface area contributed by atoms with Gasteiger partial charge < -0.3 is 4.74 Å². The van der Waals surface area contributed by atoms with Gasteiger partial charge in [0.1, 0.15) is 0 Å². The van der Waals surface area contributed by atoms with Crippen molar-refractivity contribution in [1.29, 1.82) is 0 Å². The molecule has 0 bridgehead atoms. The van der Waals surface area contributed by atoms with E-state index in [1.165, 1.54) is 6.42 Å². The number of ether oxygens (including phenoxy) is 1. The third kappa shape index (κ3) is 2.82. The molecular weight excluding hydrogens is 136 g/mol. The Balaban J connectivity index is 2.37. The first kappa shape index (κ1) is 9.05. The van der Waals surface area contributed by atoms with Gasteiger partial charge in [-0.15, -0.1) is 0 Å². The molecule has 1 saturated heterocycles. The van der Waals surface area contributed by atoms with Crippen LogP contribution in [0.3, 0.4) is 0 Å². The maximum absolute atomic E-state index is 5.42. The van der Waals surface area contributed by atoms with Crippen LogP contribution in [0, 0.1) is 17.3 Å². The lowest BCUT2D eigenvalue weighted by Gasteiger charge is -2.24. The van der Waals surface area contributed by atoms with E-state index < -0.39 is 0 Å². The predicted octanol–water partition coefficient (Wildman–Crippen LogP) is 2.71. The first-order chi connectivity index (χ1) is 4.99. The zero-order valence-corrected chi connectivity index (χ0v) is 8.18. The topological polar surface area (TPSA) is 9.23 Å². The van der Waals surface area contributed by atoms with Crippen molar-refractivity contribution in [3.63, 3.8) is 0 Å². The Bertz CT molecular complexity index is 123. The monoisotopic (exact) mass is 156 g/mol. The molecule has 1 heteroatoms. The van der Waals surface area contributed by atoms with E-state index in [1.54, 1.807) is 0 Å². The van der Waals surface area contributed by atoms with Crippen LogP contribution >= 0.6 is 0 Å². The van der Waals surface area contributed by atoms with E-state index >= 15 is 0 Å². The van der Waals surface area contributed by atoms with Gasteiger partial charge in [0.15, 0.2) is 0 Å². The molecule has 66 valence electrons. The third-order valence-electron chi connectivity index (χ3n) is 2.39. The number of hydrogen-bond acceptors (Lipinski definition) is 1. The van der Waals surface area contributed by atoms with Crippen LogP contribution in [0.25, 0.3) is 0 Å². The SMILES string of the molecule is C[C@H]1COC[C@@H]1CC(C)(C)C. The van der Waals surface area contributed by atoms with Crippen molar-refractivity contribution in [2.24, 2.45) is 17.3 Å². The summed E-state index contributed by atoms with van der Waals surface area (Å²) in [7, 11) is 0. The Morgan fingerprint density at radius 1 is 1.27 bits per heavy atom. The van der Waals surface area contributed by atoms with Gasteiger partial charge >= 0.3 is 0 Å². The van der Waals surface area contributed by atoms with E-state index in [0.29, 0.717) is 5.41 Å². The Morgan fingerprint density at radius 3 is 2.27 bits per heavy atom. The van der Waals surface area contributed by atoms with E-state index in [0.717, 1.165) is 25.0 Å². The van der Waals surface area contributed by atoms with Crippen molar-refractivity contribution in [3.8, 4) is 0 Å². The normalized spacial score (nSPS) is 32.7. The van der Waals surface area contributed by atoms with Gasteiger partial charge in [-0.1, -0.05) is 27.7 Å². The van der Waals surface area contributed by atoms with E-state index in [9.17, 15) is 0 Å². The highest BCUT2D eigenvalue weighted by Crippen LogP contribution is 2.32. The van der Waals surface area contributed by atoms with Gasteiger partial charge in [-0.2, -0.15) is 0 Å². The molecule has 0 aromatic heterocycles. The zero-order chi connectivity index (χ0) is 8.48. The maximum Gasteiger partial charge on any atom is 0.0498 e. The standard InChI is InChI=1S/C10H20O/c1-8-6-11-7-9(8)5-10(2,3)4/h8-9H,5-7H2,1-4H3/t8-,9-/m0/s1. The molecule has 1 aliphatic rings. The number of rotatable bonds is 1. The van der Waals surface area contributed by atoms with Crippen LogP contribution in [0.15, 0.2) is 0 Å². The van der Waals surface area contributed by atoms with E-state index in [2.05, 4.69) is 27.7 Å².